The number of nitrogens with zero attached hydrogens (tertiary/aromatic N) is 3. The van der Waals surface area contributed by atoms with Gasteiger partial charge in [0.25, 0.3) is 0 Å². The monoisotopic (exact) mass is 201 g/mol. The van der Waals surface area contributed by atoms with Gasteiger partial charge in [0.2, 0.25) is 0 Å². The van der Waals surface area contributed by atoms with E-state index in [9.17, 15) is 5.11 Å². The molecular weight excluding hydrogens is 190 g/mol. The smallest absolute Gasteiger partial charge is 0.141 e. The standard InChI is InChI=1S/C11H11N3O/c15-6-10(9-4-2-1-3-5-9)11-13-7-12-8-14-11/h1-5,7-8,10,15H,6H2. The minimum Gasteiger partial charge on any atom is -0.395 e. The summed E-state index contributed by atoms with van der Waals surface area (Å²) in [5, 5.41) is 9.33. The Hall–Kier alpha value is -1.81. The van der Waals surface area contributed by atoms with E-state index in [2.05, 4.69) is 15.0 Å². The topological polar surface area (TPSA) is 58.9 Å². The number of aliphatic hydroxyl groups is 1. The highest BCUT2D eigenvalue weighted by atomic mass is 16.3. The summed E-state index contributed by atoms with van der Waals surface area (Å²) < 4.78 is 0. The molecule has 0 saturated carbocycles. The van der Waals surface area contributed by atoms with Gasteiger partial charge < -0.3 is 5.11 Å². The summed E-state index contributed by atoms with van der Waals surface area (Å²) in [6.07, 6.45) is 2.88. The van der Waals surface area contributed by atoms with E-state index >= 15 is 0 Å². The highest BCUT2D eigenvalue weighted by molar-refractivity contribution is 5.24. The first-order valence-electron chi connectivity index (χ1n) is 4.69. The molecular formula is C11H11N3O. The molecule has 1 aromatic heterocycles. The summed E-state index contributed by atoms with van der Waals surface area (Å²) in [4.78, 5) is 11.8. The zero-order chi connectivity index (χ0) is 10.5. The molecule has 0 bridgehead atoms. The Morgan fingerprint density at radius 3 is 2.33 bits per heavy atom. The molecule has 1 heterocycles. The average molecular weight is 201 g/mol. The summed E-state index contributed by atoms with van der Waals surface area (Å²) in [6, 6.07) is 9.69. The Kier molecular flexibility index (Phi) is 2.99. The Morgan fingerprint density at radius 2 is 1.73 bits per heavy atom. The third kappa shape index (κ3) is 2.16. The van der Waals surface area contributed by atoms with Crippen molar-refractivity contribution in [1.29, 1.82) is 0 Å². The maximum absolute atomic E-state index is 9.33. The number of hydrogen-bond donors (Lipinski definition) is 1. The van der Waals surface area contributed by atoms with Crippen LogP contribution in [0.3, 0.4) is 0 Å². The molecule has 4 heteroatoms. The van der Waals surface area contributed by atoms with Crippen LogP contribution in [0, 0.1) is 0 Å². The lowest BCUT2D eigenvalue weighted by atomic mass is 9.99. The molecule has 76 valence electrons. The van der Waals surface area contributed by atoms with Crippen LogP contribution in [0.4, 0.5) is 0 Å². The molecule has 0 saturated heterocycles. The van der Waals surface area contributed by atoms with E-state index < -0.39 is 0 Å². The number of aliphatic hydroxyl groups excluding tert-OH is 1. The lowest BCUT2D eigenvalue weighted by Gasteiger charge is -2.11. The van der Waals surface area contributed by atoms with E-state index in [0.29, 0.717) is 5.82 Å². The first-order valence-corrected chi connectivity index (χ1v) is 4.69. The Balaban J connectivity index is 2.34. The zero-order valence-electron chi connectivity index (χ0n) is 8.11. The molecule has 1 N–H and O–H groups in total. The van der Waals surface area contributed by atoms with Gasteiger partial charge in [0.1, 0.15) is 18.5 Å². The lowest BCUT2D eigenvalue weighted by Crippen LogP contribution is -2.10. The summed E-state index contributed by atoms with van der Waals surface area (Å²) in [7, 11) is 0. The molecule has 0 spiro atoms. The van der Waals surface area contributed by atoms with Crippen LogP contribution in [0.5, 0.6) is 0 Å². The summed E-state index contributed by atoms with van der Waals surface area (Å²) >= 11 is 0. The Labute approximate surface area is 87.7 Å². The summed E-state index contributed by atoms with van der Waals surface area (Å²) in [5.74, 6) is 0.424. The second-order valence-electron chi connectivity index (χ2n) is 3.14. The van der Waals surface area contributed by atoms with Crippen LogP contribution in [0.1, 0.15) is 17.3 Å². The van der Waals surface area contributed by atoms with Gasteiger partial charge in [-0.05, 0) is 5.56 Å². The molecule has 1 aromatic carbocycles. The largest absolute Gasteiger partial charge is 0.395 e. The fraction of sp³-hybridized carbons (Fsp3) is 0.182. The van der Waals surface area contributed by atoms with Crippen molar-refractivity contribution in [3.8, 4) is 0 Å². The molecule has 0 radical (unpaired) electrons. The molecule has 1 atom stereocenters. The van der Waals surface area contributed by atoms with Crippen molar-refractivity contribution in [2.24, 2.45) is 0 Å². The summed E-state index contributed by atoms with van der Waals surface area (Å²) in [6.45, 7) is -0.00593. The maximum Gasteiger partial charge on any atom is 0.141 e. The second-order valence-corrected chi connectivity index (χ2v) is 3.14. The normalized spacial score (nSPS) is 12.3. The first-order chi connectivity index (χ1) is 7.42. The number of rotatable bonds is 3. The van der Waals surface area contributed by atoms with Gasteiger partial charge in [-0.1, -0.05) is 30.3 Å². The van der Waals surface area contributed by atoms with E-state index in [0.717, 1.165) is 5.56 Å². The van der Waals surface area contributed by atoms with Crippen LogP contribution >= 0.6 is 0 Å². The van der Waals surface area contributed by atoms with Gasteiger partial charge in [0.05, 0.1) is 12.5 Å². The van der Waals surface area contributed by atoms with Crippen molar-refractivity contribution >= 4 is 0 Å². The molecule has 0 aliphatic carbocycles. The highest BCUT2D eigenvalue weighted by Crippen LogP contribution is 2.19. The molecule has 0 fully saturated rings. The highest BCUT2D eigenvalue weighted by Gasteiger charge is 2.14. The van der Waals surface area contributed by atoms with E-state index in [1.54, 1.807) is 0 Å². The molecule has 0 aliphatic rings. The third-order valence-corrected chi connectivity index (χ3v) is 2.21. The Bertz CT molecular complexity index is 365. The van der Waals surface area contributed by atoms with Crippen LogP contribution in [-0.4, -0.2) is 26.7 Å². The molecule has 0 amide bonds. The van der Waals surface area contributed by atoms with E-state index in [1.165, 1.54) is 12.7 Å². The van der Waals surface area contributed by atoms with Crippen LogP contribution in [0.2, 0.25) is 0 Å². The van der Waals surface area contributed by atoms with Crippen LogP contribution in [0.25, 0.3) is 0 Å². The number of benzene rings is 1. The SMILES string of the molecule is OCC(c1ccccc1)c1ncncn1. The lowest BCUT2D eigenvalue weighted by molar-refractivity contribution is 0.276. The van der Waals surface area contributed by atoms with Gasteiger partial charge in [0, 0.05) is 0 Å². The molecule has 1 unspecified atom stereocenters. The van der Waals surface area contributed by atoms with Gasteiger partial charge >= 0.3 is 0 Å². The number of aromatic nitrogens is 3. The fourth-order valence-electron chi connectivity index (χ4n) is 1.45. The molecule has 15 heavy (non-hydrogen) atoms. The number of hydrogen-bond acceptors (Lipinski definition) is 4. The van der Waals surface area contributed by atoms with E-state index in [4.69, 9.17) is 0 Å². The quantitative estimate of drug-likeness (QED) is 0.804. The van der Waals surface area contributed by atoms with Crippen LogP contribution in [-0.2, 0) is 0 Å². The minimum atomic E-state index is -0.172. The minimum absolute atomic E-state index is 0.00593. The molecule has 4 nitrogen and oxygen atoms in total. The Morgan fingerprint density at radius 1 is 1.07 bits per heavy atom. The maximum atomic E-state index is 9.33. The van der Waals surface area contributed by atoms with Crippen molar-refractivity contribution in [2.75, 3.05) is 6.61 Å². The van der Waals surface area contributed by atoms with E-state index in [1.807, 2.05) is 30.3 Å². The van der Waals surface area contributed by atoms with Gasteiger partial charge in [-0.3, -0.25) is 0 Å². The van der Waals surface area contributed by atoms with Crippen LogP contribution in [0.15, 0.2) is 43.0 Å². The van der Waals surface area contributed by atoms with Crippen molar-refractivity contribution in [2.45, 2.75) is 5.92 Å². The van der Waals surface area contributed by atoms with Crippen LogP contribution < -0.4 is 0 Å². The van der Waals surface area contributed by atoms with Crippen molar-refractivity contribution in [3.05, 3.63) is 54.4 Å². The van der Waals surface area contributed by atoms with Gasteiger partial charge in [0.15, 0.2) is 0 Å². The van der Waals surface area contributed by atoms with Crippen molar-refractivity contribution in [3.63, 3.8) is 0 Å². The molecule has 2 rings (SSSR count). The third-order valence-electron chi connectivity index (χ3n) is 2.21. The first kappa shape index (κ1) is 9.73. The molecule has 0 aliphatic heterocycles. The van der Waals surface area contributed by atoms with Crippen molar-refractivity contribution in [1.82, 2.24) is 15.0 Å². The van der Waals surface area contributed by atoms with Gasteiger partial charge in [-0.15, -0.1) is 0 Å². The van der Waals surface area contributed by atoms with E-state index in [-0.39, 0.29) is 12.5 Å². The average Bonchev–Trinajstić information content (AvgIpc) is 2.33. The van der Waals surface area contributed by atoms with Crippen molar-refractivity contribution < 1.29 is 5.11 Å². The van der Waals surface area contributed by atoms with Gasteiger partial charge in [-0.25, -0.2) is 15.0 Å². The predicted molar refractivity (Wildman–Crippen MR) is 55.2 cm³/mol. The second kappa shape index (κ2) is 4.61. The summed E-state index contributed by atoms with van der Waals surface area (Å²) in [5.41, 5.74) is 1.01. The van der Waals surface area contributed by atoms with Gasteiger partial charge in [-0.2, -0.15) is 0 Å². The zero-order valence-corrected chi connectivity index (χ0v) is 8.11. The predicted octanol–water partition coefficient (Wildman–Crippen LogP) is 0.996. The molecule has 2 aromatic rings. The fourth-order valence-corrected chi connectivity index (χ4v) is 1.45.